The summed E-state index contributed by atoms with van der Waals surface area (Å²) in [6, 6.07) is 4.84. The fourth-order valence-corrected chi connectivity index (χ4v) is 3.24. The Kier molecular flexibility index (Phi) is 4.46. The molecule has 0 radical (unpaired) electrons. The van der Waals surface area contributed by atoms with Gasteiger partial charge in [-0.15, -0.1) is 0 Å². The van der Waals surface area contributed by atoms with Crippen molar-refractivity contribution >= 4 is 43.5 Å². The topological polar surface area (TPSA) is 41.1 Å². The molecular formula is C12H11Br2F3N2O. The van der Waals surface area contributed by atoms with Crippen LogP contribution in [0.3, 0.4) is 0 Å². The lowest BCUT2D eigenvalue weighted by Gasteiger charge is -2.29. The largest absolute Gasteiger partial charge is 0.404 e. The molecular weight excluding hydrogens is 405 g/mol. The average Bonchev–Trinajstić information content (AvgIpc) is 2.82. The van der Waals surface area contributed by atoms with Crippen molar-refractivity contribution in [3.8, 4) is 0 Å². The molecule has 0 aliphatic carbocycles. The summed E-state index contributed by atoms with van der Waals surface area (Å²) in [5.41, 5.74) is -2.05. The molecule has 1 aliphatic rings. The van der Waals surface area contributed by atoms with Gasteiger partial charge in [0.1, 0.15) is 0 Å². The van der Waals surface area contributed by atoms with Gasteiger partial charge in [-0.25, -0.2) is 0 Å². The van der Waals surface area contributed by atoms with Crippen LogP contribution in [0, 0.1) is 5.41 Å². The Balaban J connectivity index is 2.26. The Labute approximate surface area is 130 Å². The number of nitrogens with one attached hydrogen (secondary N) is 2. The lowest BCUT2D eigenvalue weighted by atomic mass is 9.85. The van der Waals surface area contributed by atoms with Crippen molar-refractivity contribution in [2.45, 2.75) is 12.6 Å². The average molecular weight is 416 g/mol. The molecule has 1 aromatic rings. The lowest BCUT2D eigenvalue weighted by molar-refractivity contribution is -0.213. The number of halogens is 5. The molecule has 20 heavy (non-hydrogen) atoms. The normalized spacial score (nSPS) is 22.9. The van der Waals surface area contributed by atoms with Gasteiger partial charge in [0.25, 0.3) is 0 Å². The Morgan fingerprint density at radius 2 is 2.05 bits per heavy atom. The van der Waals surface area contributed by atoms with Gasteiger partial charge < -0.3 is 10.6 Å². The second-order valence-electron chi connectivity index (χ2n) is 4.58. The van der Waals surface area contributed by atoms with Crippen LogP contribution in [-0.4, -0.2) is 25.2 Å². The summed E-state index contributed by atoms with van der Waals surface area (Å²) in [5.74, 6) is -1.03. The van der Waals surface area contributed by atoms with Gasteiger partial charge in [0, 0.05) is 15.5 Å². The van der Waals surface area contributed by atoms with Crippen LogP contribution in [0.25, 0.3) is 0 Å². The molecule has 8 heteroatoms. The predicted octanol–water partition coefficient (Wildman–Crippen LogP) is 3.69. The first kappa shape index (κ1) is 15.8. The quantitative estimate of drug-likeness (QED) is 0.773. The fraction of sp³-hybridized carbons (Fsp3) is 0.417. The third kappa shape index (κ3) is 2.87. The molecule has 110 valence electrons. The molecule has 0 saturated carbocycles. The molecule has 1 heterocycles. The van der Waals surface area contributed by atoms with Gasteiger partial charge in [-0.3, -0.25) is 4.79 Å². The summed E-state index contributed by atoms with van der Waals surface area (Å²) in [6.45, 7) is -0.217. The number of hydrogen-bond acceptors (Lipinski definition) is 2. The molecule has 3 nitrogen and oxygen atoms in total. The molecule has 1 amide bonds. The van der Waals surface area contributed by atoms with Gasteiger partial charge in [-0.05, 0) is 47.1 Å². The van der Waals surface area contributed by atoms with Crippen molar-refractivity contribution < 1.29 is 18.0 Å². The van der Waals surface area contributed by atoms with Gasteiger partial charge in [-0.1, -0.05) is 15.9 Å². The van der Waals surface area contributed by atoms with Gasteiger partial charge in [0.15, 0.2) is 5.41 Å². The van der Waals surface area contributed by atoms with E-state index >= 15 is 0 Å². The molecule has 1 atom stereocenters. The van der Waals surface area contributed by atoms with E-state index in [1.165, 1.54) is 0 Å². The zero-order valence-corrected chi connectivity index (χ0v) is 13.3. The van der Waals surface area contributed by atoms with Crippen molar-refractivity contribution in [1.29, 1.82) is 0 Å². The third-order valence-electron chi connectivity index (χ3n) is 3.31. The Morgan fingerprint density at radius 1 is 1.35 bits per heavy atom. The molecule has 1 fully saturated rings. The van der Waals surface area contributed by atoms with Crippen LogP contribution in [0.15, 0.2) is 27.1 Å². The minimum atomic E-state index is -4.58. The highest BCUT2D eigenvalue weighted by Gasteiger charge is 2.61. The predicted molar refractivity (Wildman–Crippen MR) is 76.4 cm³/mol. The van der Waals surface area contributed by atoms with E-state index in [0.717, 1.165) is 4.47 Å². The number of rotatable bonds is 2. The number of alkyl halides is 3. The molecule has 1 aromatic carbocycles. The number of amides is 1. The minimum absolute atomic E-state index is 0.175. The maximum absolute atomic E-state index is 13.2. The van der Waals surface area contributed by atoms with Crippen molar-refractivity contribution in [3.63, 3.8) is 0 Å². The minimum Gasteiger partial charge on any atom is -0.324 e. The molecule has 0 bridgehead atoms. The monoisotopic (exact) mass is 414 g/mol. The van der Waals surface area contributed by atoms with Crippen LogP contribution >= 0.6 is 31.9 Å². The molecule has 0 spiro atoms. The van der Waals surface area contributed by atoms with E-state index in [1.807, 2.05) is 0 Å². The van der Waals surface area contributed by atoms with Gasteiger partial charge in [0.05, 0.1) is 5.69 Å². The number of carbonyl (C=O) groups excluding carboxylic acids is 1. The van der Waals surface area contributed by atoms with Crippen LogP contribution in [0.1, 0.15) is 6.42 Å². The summed E-state index contributed by atoms with van der Waals surface area (Å²) in [5, 5.41) is 4.97. The van der Waals surface area contributed by atoms with Crippen molar-refractivity contribution in [1.82, 2.24) is 5.32 Å². The standard InChI is InChI=1S/C12H11Br2F3N2O/c13-7-1-2-9(8(14)5-7)19-10(20)11(12(15,16)17)3-4-18-6-11/h1-2,5,18H,3-4,6H2,(H,19,20). The molecule has 1 aliphatic heterocycles. The van der Waals surface area contributed by atoms with Gasteiger partial charge in [0.2, 0.25) is 5.91 Å². The summed E-state index contributed by atoms with van der Waals surface area (Å²) < 4.78 is 40.9. The van der Waals surface area contributed by atoms with E-state index in [0.29, 0.717) is 10.2 Å². The van der Waals surface area contributed by atoms with Crippen molar-refractivity contribution in [3.05, 3.63) is 27.1 Å². The Hall–Kier alpha value is -0.600. The number of anilines is 1. The SMILES string of the molecule is O=C(Nc1ccc(Br)cc1Br)C1(C(F)(F)F)CCNC1. The van der Waals surface area contributed by atoms with E-state index < -0.39 is 24.0 Å². The van der Waals surface area contributed by atoms with Gasteiger partial charge >= 0.3 is 6.18 Å². The van der Waals surface area contributed by atoms with Gasteiger partial charge in [-0.2, -0.15) is 13.2 Å². The molecule has 2 N–H and O–H groups in total. The van der Waals surface area contributed by atoms with E-state index in [1.54, 1.807) is 18.2 Å². The summed E-state index contributed by atoms with van der Waals surface area (Å²) in [4.78, 5) is 12.1. The Morgan fingerprint density at radius 3 is 2.55 bits per heavy atom. The van der Waals surface area contributed by atoms with Crippen molar-refractivity contribution in [2.24, 2.45) is 5.41 Å². The zero-order valence-electron chi connectivity index (χ0n) is 10.2. The summed E-state index contributed by atoms with van der Waals surface area (Å²) in [7, 11) is 0. The van der Waals surface area contributed by atoms with Crippen LogP contribution in [-0.2, 0) is 4.79 Å². The first-order valence-electron chi connectivity index (χ1n) is 5.80. The number of carbonyl (C=O) groups is 1. The van der Waals surface area contributed by atoms with Crippen LogP contribution < -0.4 is 10.6 Å². The van der Waals surface area contributed by atoms with Crippen LogP contribution in [0.4, 0.5) is 18.9 Å². The van der Waals surface area contributed by atoms with Crippen LogP contribution in [0.2, 0.25) is 0 Å². The highest BCUT2D eigenvalue weighted by atomic mass is 79.9. The first-order valence-corrected chi connectivity index (χ1v) is 7.39. The maximum Gasteiger partial charge on any atom is 0.404 e. The smallest absolute Gasteiger partial charge is 0.324 e. The summed E-state index contributed by atoms with van der Waals surface area (Å²) in [6.07, 6.45) is -4.83. The Bertz CT molecular complexity index is 528. The maximum atomic E-state index is 13.2. The highest BCUT2D eigenvalue weighted by molar-refractivity contribution is 9.11. The zero-order chi connectivity index (χ0) is 15.0. The molecule has 2 rings (SSSR count). The lowest BCUT2D eigenvalue weighted by Crippen LogP contribution is -2.49. The number of hydrogen-bond donors (Lipinski definition) is 2. The van der Waals surface area contributed by atoms with E-state index in [9.17, 15) is 18.0 Å². The van der Waals surface area contributed by atoms with Crippen molar-refractivity contribution in [2.75, 3.05) is 18.4 Å². The second-order valence-corrected chi connectivity index (χ2v) is 6.35. The molecule has 0 aromatic heterocycles. The number of benzene rings is 1. The van der Waals surface area contributed by atoms with E-state index in [-0.39, 0.29) is 13.0 Å². The van der Waals surface area contributed by atoms with Crippen LogP contribution in [0.5, 0.6) is 0 Å². The first-order chi connectivity index (χ1) is 9.26. The van der Waals surface area contributed by atoms with E-state index in [4.69, 9.17) is 0 Å². The van der Waals surface area contributed by atoms with E-state index in [2.05, 4.69) is 42.5 Å². The molecule has 1 saturated heterocycles. The second kappa shape index (κ2) is 5.65. The summed E-state index contributed by atoms with van der Waals surface area (Å²) >= 11 is 6.45. The fourth-order valence-electron chi connectivity index (χ4n) is 2.09. The molecule has 1 unspecified atom stereocenters. The highest BCUT2D eigenvalue weighted by Crippen LogP contribution is 2.44. The third-order valence-corrected chi connectivity index (χ3v) is 4.46.